The molecule has 1 N–H and O–H groups in total. The number of hydrogen-bond acceptors (Lipinski definition) is 5. The third-order valence-electron chi connectivity index (χ3n) is 3.81. The molecule has 0 bridgehead atoms. The van der Waals surface area contributed by atoms with Crippen LogP contribution in [-0.2, 0) is 5.75 Å². The minimum Gasteiger partial charge on any atom is -0.445 e. The zero-order chi connectivity index (χ0) is 17.8. The Kier molecular flexibility index (Phi) is 4.66. The van der Waals surface area contributed by atoms with Gasteiger partial charge >= 0.3 is 0 Å². The number of pyridine rings is 2. The molecule has 3 aromatic heterocycles. The van der Waals surface area contributed by atoms with Gasteiger partial charge in [0.1, 0.15) is 5.82 Å². The van der Waals surface area contributed by atoms with E-state index in [4.69, 9.17) is 4.42 Å². The lowest BCUT2D eigenvalue weighted by atomic mass is 10.2. The standard InChI is InChI=1S/C20H15N3O2S/c24-20(23-18-11-15-3-1-2-4-16(15)12-22-18)17-5-6-19(25-17)26-13-14-7-9-21-10-8-14/h1-12H,13H2,(H,22,23,24). The maximum atomic E-state index is 12.4. The first-order chi connectivity index (χ1) is 12.8. The van der Waals surface area contributed by atoms with E-state index in [1.807, 2.05) is 42.5 Å². The average molecular weight is 361 g/mol. The molecule has 0 aliphatic heterocycles. The fraction of sp³-hybridized carbons (Fsp3) is 0.0500. The minimum absolute atomic E-state index is 0.261. The lowest BCUT2D eigenvalue weighted by Gasteiger charge is -2.04. The molecule has 0 unspecified atom stereocenters. The fourth-order valence-corrected chi connectivity index (χ4v) is 3.30. The zero-order valence-corrected chi connectivity index (χ0v) is 14.6. The molecule has 0 aliphatic rings. The molecule has 0 fully saturated rings. The minimum atomic E-state index is -0.316. The van der Waals surface area contributed by atoms with Crippen LogP contribution in [0.2, 0.25) is 0 Å². The summed E-state index contributed by atoms with van der Waals surface area (Å²) < 4.78 is 5.63. The maximum Gasteiger partial charge on any atom is 0.292 e. The molecular weight excluding hydrogens is 346 g/mol. The van der Waals surface area contributed by atoms with Crippen molar-refractivity contribution in [1.29, 1.82) is 0 Å². The predicted octanol–water partition coefficient (Wildman–Crippen LogP) is 4.77. The molecule has 5 nitrogen and oxygen atoms in total. The van der Waals surface area contributed by atoms with Crippen molar-refractivity contribution in [3.05, 3.63) is 84.5 Å². The van der Waals surface area contributed by atoms with Crippen LogP contribution in [0.4, 0.5) is 5.82 Å². The van der Waals surface area contributed by atoms with Gasteiger partial charge in [-0.15, -0.1) is 0 Å². The monoisotopic (exact) mass is 361 g/mol. The quantitative estimate of drug-likeness (QED) is 0.519. The molecule has 3 heterocycles. The van der Waals surface area contributed by atoms with Gasteiger partial charge in [-0.2, -0.15) is 0 Å². The van der Waals surface area contributed by atoms with Gasteiger partial charge in [0, 0.05) is 29.7 Å². The third-order valence-corrected chi connectivity index (χ3v) is 4.79. The van der Waals surface area contributed by atoms with Crippen molar-refractivity contribution >= 4 is 34.3 Å². The highest BCUT2D eigenvalue weighted by Crippen LogP contribution is 2.25. The lowest BCUT2D eigenvalue weighted by molar-refractivity contribution is 0.0991. The first-order valence-electron chi connectivity index (χ1n) is 8.06. The number of furan rings is 1. The number of carbonyl (C=O) groups excluding carboxylic acids is 1. The van der Waals surface area contributed by atoms with Crippen molar-refractivity contribution in [3.8, 4) is 0 Å². The van der Waals surface area contributed by atoms with Gasteiger partial charge in [-0.25, -0.2) is 4.98 Å². The second-order valence-electron chi connectivity index (χ2n) is 5.63. The van der Waals surface area contributed by atoms with Crippen molar-refractivity contribution in [2.24, 2.45) is 0 Å². The molecule has 6 heteroatoms. The molecule has 128 valence electrons. The topological polar surface area (TPSA) is 68.0 Å². The van der Waals surface area contributed by atoms with Crippen LogP contribution in [0, 0.1) is 0 Å². The number of thioether (sulfide) groups is 1. The van der Waals surface area contributed by atoms with Gasteiger partial charge in [-0.1, -0.05) is 36.0 Å². The van der Waals surface area contributed by atoms with E-state index in [0.29, 0.717) is 10.9 Å². The van der Waals surface area contributed by atoms with Crippen molar-refractivity contribution in [3.63, 3.8) is 0 Å². The van der Waals surface area contributed by atoms with Gasteiger partial charge in [0.05, 0.1) is 0 Å². The Morgan fingerprint density at radius 2 is 1.85 bits per heavy atom. The molecule has 0 aliphatic carbocycles. The second kappa shape index (κ2) is 7.41. The van der Waals surface area contributed by atoms with E-state index >= 15 is 0 Å². The van der Waals surface area contributed by atoms with E-state index < -0.39 is 0 Å². The molecule has 0 radical (unpaired) electrons. The Morgan fingerprint density at radius 1 is 1.04 bits per heavy atom. The smallest absolute Gasteiger partial charge is 0.292 e. The number of nitrogens with zero attached hydrogens (tertiary/aromatic N) is 2. The summed E-state index contributed by atoms with van der Waals surface area (Å²) in [6, 6.07) is 17.1. The second-order valence-corrected chi connectivity index (χ2v) is 6.61. The number of amides is 1. The van der Waals surface area contributed by atoms with Crippen molar-refractivity contribution in [2.45, 2.75) is 10.8 Å². The van der Waals surface area contributed by atoms with E-state index in [1.165, 1.54) is 11.8 Å². The van der Waals surface area contributed by atoms with Gasteiger partial charge in [0.25, 0.3) is 5.91 Å². The van der Waals surface area contributed by atoms with Crippen LogP contribution in [0.15, 0.2) is 82.7 Å². The predicted molar refractivity (Wildman–Crippen MR) is 102 cm³/mol. The van der Waals surface area contributed by atoms with Gasteiger partial charge in [0.15, 0.2) is 10.9 Å². The summed E-state index contributed by atoms with van der Waals surface area (Å²) in [5.74, 6) is 1.19. The molecule has 0 saturated heterocycles. The first kappa shape index (κ1) is 16.4. The van der Waals surface area contributed by atoms with Gasteiger partial charge in [0.2, 0.25) is 0 Å². The number of anilines is 1. The summed E-state index contributed by atoms with van der Waals surface area (Å²) in [6.07, 6.45) is 5.25. The van der Waals surface area contributed by atoms with Crippen molar-refractivity contribution in [2.75, 3.05) is 5.32 Å². The van der Waals surface area contributed by atoms with E-state index in [0.717, 1.165) is 22.1 Å². The van der Waals surface area contributed by atoms with Crippen molar-refractivity contribution in [1.82, 2.24) is 9.97 Å². The molecule has 1 amide bonds. The molecular formula is C20H15N3O2S. The molecule has 0 spiro atoms. The van der Waals surface area contributed by atoms with Crippen LogP contribution in [0.1, 0.15) is 16.1 Å². The first-order valence-corrected chi connectivity index (χ1v) is 9.04. The van der Waals surface area contributed by atoms with E-state index in [-0.39, 0.29) is 11.7 Å². The summed E-state index contributed by atoms with van der Waals surface area (Å²) >= 11 is 1.53. The Bertz CT molecular complexity index is 1050. The number of carbonyl (C=O) groups is 1. The summed E-state index contributed by atoms with van der Waals surface area (Å²) in [5, 5.41) is 5.51. The third kappa shape index (κ3) is 3.75. The number of hydrogen-bond donors (Lipinski definition) is 1. The normalized spacial score (nSPS) is 10.8. The average Bonchev–Trinajstić information content (AvgIpc) is 3.16. The lowest BCUT2D eigenvalue weighted by Crippen LogP contribution is -2.11. The summed E-state index contributed by atoms with van der Waals surface area (Å²) in [5.41, 5.74) is 1.15. The van der Waals surface area contributed by atoms with Crippen LogP contribution in [0.5, 0.6) is 0 Å². The number of nitrogens with one attached hydrogen (secondary N) is 1. The van der Waals surface area contributed by atoms with Crippen molar-refractivity contribution < 1.29 is 9.21 Å². The summed E-state index contributed by atoms with van der Waals surface area (Å²) in [6.45, 7) is 0. The SMILES string of the molecule is O=C(Nc1cc2ccccc2cn1)c1ccc(SCc2ccncc2)o1. The fourth-order valence-electron chi connectivity index (χ4n) is 2.48. The molecule has 0 saturated carbocycles. The number of rotatable bonds is 5. The summed E-state index contributed by atoms with van der Waals surface area (Å²) in [4.78, 5) is 20.6. The number of fused-ring (bicyclic) bond motifs is 1. The Balaban J connectivity index is 1.42. The van der Waals surface area contributed by atoms with E-state index in [2.05, 4.69) is 15.3 Å². The highest BCUT2D eigenvalue weighted by Gasteiger charge is 2.13. The molecule has 0 atom stereocenters. The largest absolute Gasteiger partial charge is 0.445 e. The Hall–Kier alpha value is -3.12. The Labute approximate surface area is 154 Å². The number of aromatic nitrogens is 2. The zero-order valence-electron chi connectivity index (χ0n) is 13.8. The molecule has 4 rings (SSSR count). The molecule has 26 heavy (non-hydrogen) atoms. The van der Waals surface area contributed by atoms with Crippen LogP contribution in [0.25, 0.3) is 10.8 Å². The van der Waals surface area contributed by atoms with Gasteiger partial charge < -0.3 is 9.73 Å². The molecule has 1 aromatic carbocycles. The Morgan fingerprint density at radius 3 is 2.69 bits per heavy atom. The molecule has 4 aromatic rings. The number of benzene rings is 1. The van der Waals surface area contributed by atoms with Crippen LogP contribution in [0.3, 0.4) is 0 Å². The van der Waals surface area contributed by atoms with E-state index in [1.54, 1.807) is 30.7 Å². The van der Waals surface area contributed by atoms with Crippen LogP contribution in [-0.4, -0.2) is 15.9 Å². The summed E-state index contributed by atoms with van der Waals surface area (Å²) in [7, 11) is 0. The highest BCUT2D eigenvalue weighted by atomic mass is 32.2. The van der Waals surface area contributed by atoms with Gasteiger partial charge in [-0.05, 0) is 41.3 Å². The highest BCUT2D eigenvalue weighted by molar-refractivity contribution is 7.98. The van der Waals surface area contributed by atoms with Crippen LogP contribution >= 0.6 is 11.8 Å². The van der Waals surface area contributed by atoms with Crippen LogP contribution < -0.4 is 5.32 Å². The van der Waals surface area contributed by atoms with E-state index in [9.17, 15) is 4.79 Å². The van der Waals surface area contributed by atoms with Gasteiger partial charge in [-0.3, -0.25) is 9.78 Å². The maximum absolute atomic E-state index is 12.4.